The number of benzene rings is 1. The van der Waals surface area contributed by atoms with E-state index in [-0.39, 0.29) is 11.1 Å². The molecule has 2 aromatic heterocycles. The number of piperidine rings is 1. The quantitative estimate of drug-likeness (QED) is 0.661. The number of aromatic nitrogens is 2. The molecule has 1 N–H and O–H groups in total. The van der Waals surface area contributed by atoms with Gasteiger partial charge in [-0.2, -0.15) is 0 Å². The van der Waals surface area contributed by atoms with Gasteiger partial charge in [-0.25, -0.2) is 9.97 Å². The Morgan fingerprint density at radius 1 is 1.15 bits per heavy atom. The van der Waals surface area contributed by atoms with Crippen LogP contribution in [0.15, 0.2) is 42.6 Å². The number of aryl methyl sites for hydroxylation is 1. The molecule has 3 aromatic rings. The molecule has 0 spiro atoms. The number of nitrogens with zero attached hydrogens (tertiary/aromatic N) is 3. The second-order valence-corrected chi connectivity index (χ2v) is 7.23. The summed E-state index contributed by atoms with van der Waals surface area (Å²) in [5.74, 6) is 0.765. The van der Waals surface area contributed by atoms with Gasteiger partial charge in [0.2, 0.25) is 0 Å². The Kier molecular flexibility index (Phi) is 4.94. The zero-order valence-corrected chi connectivity index (χ0v) is 16.0. The van der Waals surface area contributed by atoms with E-state index in [0.717, 1.165) is 35.4 Å². The van der Waals surface area contributed by atoms with Crippen molar-refractivity contribution >= 4 is 39.9 Å². The summed E-state index contributed by atoms with van der Waals surface area (Å²) in [4.78, 5) is 23.6. The summed E-state index contributed by atoms with van der Waals surface area (Å²) in [5, 5.41) is 4.12. The van der Waals surface area contributed by atoms with E-state index in [1.54, 1.807) is 18.3 Å². The predicted molar refractivity (Wildman–Crippen MR) is 110 cm³/mol. The van der Waals surface area contributed by atoms with E-state index in [1.807, 2.05) is 18.2 Å². The first kappa shape index (κ1) is 17.7. The molecule has 0 bridgehead atoms. The molecule has 1 aliphatic heterocycles. The van der Waals surface area contributed by atoms with Crippen LogP contribution in [-0.2, 0) is 0 Å². The fourth-order valence-corrected chi connectivity index (χ4v) is 3.70. The van der Waals surface area contributed by atoms with Gasteiger partial charge in [0, 0.05) is 30.4 Å². The second-order valence-electron chi connectivity index (χ2n) is 6.87. The average molecular weight is 381 g/mol. The fourth-order valence-electron chi connectivity index (χ4n) is 3.49. The summed E-state index contributed by atoms with van der Waals surface area (Å²) < 4.78 is 0. The number of anilines is 2. The van der Waals surface area contributed by atoms with Crippen LogP contribution in [0.3, 0.4) is 0 Å². The molecule has 1 amide bonds. The van der Waals surface area contributed by atoms with Gasteiger partial charge in [-0.1, -0.05) is 11.6 Å². The number of carbonyl (C=O) groups excluding carboxylic acids is 1. The fraction of sp³-hybridized carbons (Fsp3) is 0.286. The number of pyridine rings is 2. The summed E-state index contributed by atoms with van der Waals surface area (Å²) in [5.41, 5.74) is 3.15. The highest BCUT2D eigenvalue weighted by atomic mass is 35.5. The van der Waals surface area contributed by atoms with Gasteiger partial charge in [0.25, 0.3) is 5.91 Å². The molecule has 3 heterocycles. The molecule has 1 aliphatic rings. The van der Waals surface area contributed by atoms with Crippen molar-refractivity contribution in [1.29, 1.82) is 0 Å². The van der Waals surface area contributed by atoms with Crippen molar-refractivity contribution in [1.82, 2.24) is 9.97 Å². The molecule has 0 atom stereocenters. The molecule has 1 fully saturated rings. The molecule has 0 saturated carbocycles. The molecule has 1 aromatic carbocycles. The van der Waals surface area contributed by atoms with E-state index in [9.17, 15) is 4.79 Å². The zero-order valence-electron chi connectivity index (χ0n) is 15.2. The molecule has 1 saturated heterocycles. The molecular weight excluding hydrogens is 360 g/mol. The standard InChI is InChI=1S/C21H21ClN4O/c1-14-12-19(26-10-3-2-4-11-26)25-18-8-7-15(13-17(14)18)24-21(27)16-6-5-9-23-20(16)22/h5-9,12-13H,2-4,10-11H2,1H3,(H,24,27). The number of hydrogen-bond donors (Lipinski definition) is 1. The van der Waals surface area contributed by atoms with E-state index in [2.05, 4.69) is 28.2 Å². The van der Waals surface area contributed by atoms with Crippen molar-refractivity contribution in [2.75, 3.05) is 23.3 Å². The Bertz CT molecular complexity index is 999. The topological polar surface area (TPSA) is 58.1 Å². The van der Waals surface area contributed by atoms with E-state index >= 15 is 0 Å². The lowest BCUT2D eigenvalue weighted by molar-refractivity contribution is 0.102. The van der Waals surface area contributed by atoms with E-state index in [4.69, 9.17) is 16.6 Å². The van der Waals surface area contributed by atoms with Crippen molar-refractivity contribution < 1.29 is 4.79 Å². The SMILES string of the molecule is Cc1cc(N2CCCCC2)nc2ccc(NC(=O)c3cccnc3Cl)cc12. The number of nitrogens with one attached hydrogen (secondary N) is 1. The number of rotatable bonds is 3. The Hall–Kier alpha value is -2.66. The summed E-state index contributed by atoms with van der Waals surface area (Å²) in [6, 6.07) is 11.3. The monoisotopic (exact) mass is 380 g/mol. The maximum absolute atomic E-state index is 12.5. The Morgan fingerprint density at radius 3 is 2.74 bits per heavy atom. The largest absolute Gasteiger partial charge is 0.357 e. The first-order chi connectivity index (χ1) is 13.1. The highest BCUT2D eigenvalue weighted by Crippen LogP contribution is 2.27. The molecule has 5 nitrogen and oxygen atoms in total. The van der Waals surface area contributed by atoms with Crippen molar-refractivity contribution in [2.24, 2.45) is 0 Å². The van der Waals surface area contributed by atoms with Gasteiger partial charge in [-0.05, 0) is 68.1 Å². The van der Waals surface area contributed by atoms with Crippen molar-refractivity contribution in [3.05, 3.63) is 58.9 Å². The number of hydrogen-bond acceptors (Lipinski definition) is 4. The first-order valence-corrected chi connectivity index (χ1v) is 9.58. The molecule has 4 rings (SSSR count). The minimum atomic E-state index is -0.275. The molecule has 138 valence electrons. The van der Waals surface area contributed by atoms with Crippen LogP contribution in [0.25, 0.3) is 10.9 Å². The maximum Gasteiger partial charge on any atom is 0.258 e. The van der Waals surface area contributed by atoms with Crippen LogP contribution >= 0.6 is 11.6 Å². The van der Waals surface area contributed by atoms with Crippen LogP contribution in [0.4, 0.5) is 11.5 Å². The van der Waals surface area contributed by atoms with Gasteiger partial charge in [0.1, 0.15) is 11.0 Å². The minimum absolute atomic E-state index is 0.194. The Balaban J connectivity index is 1.61. The smallest absolute Gasteiger partial charge is 0.258 e. The molecule has 0 unspecified atom stereocenters. The van der Waals surface area contributed by atoms with Gasteiger partial charge < -0.3 is 10.2 Å². The van der Waals surface area contributed by atoms with Crippen LogP contribution < -0.4 is 10.2 Å². The molecule has 0 radical (unpaired) electrons. The molecular formula is C21H21ClN4O. The second kappa shape index (κ2) is 7.53. The van der Waals surface area contributed by atoms with Gasteiger partial charge in [-0.3, -0.25) is 4.79 Å². The van der Waals surface area contributed by atoms with Crippen LogP contribution in [0.2, 0.25) is 5.15 Å². The summed E-state index contributed by atoms with van der Waals surface area (Å²) in [7, 11) is 0. The van der Waals surface area contributed by atoms with E-state index < -0.39 is 0 Å². The van der Waals surface area contributed by atoms with Gasteiger partial charge >= 0.3 is 0 Å². The van der Waals surface area contributed by atoms with Gasteiger partial charge in [0.15, 0.2) is 0 Å². The zero-order chi connectivity index (χ0) is 18.8. The van der Waals surface area contributed by atoms with Crippen molar-refractivity contribution in [2.45, 2.75) is 26.2 Å². The Morgan fingerprint density at radius 2 is 1.96 bits per heavy atom. The lowest BCUT2D eigenvalue weighted by atomic mass is 10.1. The molecule has 0 aliphatic carbocycles. The number of fused-ring (bicyclic) bond motifs is 1. The van der Waals surface area contributed by atoms with Gasteiger partial charge in [-0.15, -0.1) is 0 Å². The van der Waals surface area contributed by atoms with E-state index in [0.29, 0.717) is 11.3 Å². The van der Waals surface area contributed by atoms with Crippen LogP contribution in [0.1, 0.15) is 35.2 Å². The first-order valence-electron chi connectivity index (χ1n) is 9.20. The van der Waals surface area contributed by atoms with Crippen molar-refractivity contribution in [3.8, 4) is 0 Å². The number of halogens is 1. The van der Waals surface area contributed by atoms with E-state index in [1.165, 1.54) is 19.3 Å². The highest BCUT2D eigenvalue weighted by Gasteiger charge is 2.15. The van der Waals surface area contributed by atoms with Crippen LogP contribution in [0, 0.1) is 6.92 Å². The summed E-state index contributed by atoms with van der Waals surface area (Å²) in [6.07, 6.45) is 5.30. The van der Waals surface area contributed by atoms with Crippen LogP contribution in [-0.4, -0.2) is 29.0 Å². The predicted octanol–water partition coefficient (Wildman–Crippen LogP) is 4.83. The molecule has 6 heteroatoms. The average Bonchev–Trinajstić information content (AvgIpc) is 2.69. The number of carbonyl (C=O) groups is 1. The van der Waals surface area contributed by atoms with Crippen molar-refractivity contribution in [3.63, 3.8) is 0 Å². The normalized spacial score (nSPS) is 14.4. The summed E-state index contributed by atoms with van der Waals surface area (Å²) >= 11 is 6.01. The lowest BCUT2D eigenvalue weighted by Gasteiger charge is -2.28. The van der Waals surface area contributed by atoms with Gasteiger partial charge in [0.05, 0.1) is 11.1 Å². The number of amides is 1. The highest BCUT2D eigenvalue weighted by molar-refractivity contribution is 6.33. The third-order valence-corrected chi connectivity index (χ3v) is 5.24. The van der Waals surface area contributed by atoms with Crippen LogP contribution in [0.5, 0.6) is 0 Å². The minimum Gasteiger partial charge on any atom is -0.357 e. The maximum atomic E-state index is 12.5. The third kappa shape index (κ3) is 3.74. The third-order valence-electron chi connectivity index (χ3n) is 4.94. The summed E-state index contributed by atoms with van der Waals surface area (Å²) in [6.45, 7) is 4.22. The molecule has 27 heavy (non-hydrogen) atoms. The Labute approximate surface area is 163 Å². The lowest BCUT2D eigenvalue weighted by Crippen LogP contribution is -2.30.